The van der Waals surface area contributed by atoms with Gasteiger partial charge in [0.05, 0.1) is 4.91 Å². The number of thiocarbonyl (C=S) groups is 1. The third-order valence-corrected chi connectivity index (χ3v) is 5.47. The lowest BCUT2D eigenvalue weighted by Gasteiger charge is -2.14. The Kier molecular flexibility index (Phi) is 6.42. The summed E-state index contributed by atoms with van der Waals surface area (Å²) in [5, 5.41) is 2.84. The minimum atomic E-state index is -0.0888. The number of amides is 2. The second-order valence-electron chi connectivity index (χ2n) is 6.26. The summed E-state index contributed by atoms with van der Waals surface area (Å²) in [7, 11) is 0. The predicted octanol–water partition coefficient (Wildman–Crippen LogP) is 4.62. The summed E-state index contributed by atoms with van der Waals surface area (Å²) >= 11 is 6.65. The fourth-order valence-corrected chi connectivity index (χ4v) is 3.96. The first-order valence-corrected chi connectivity index (χ1v) is 9.92. The number of nitrogens with zero attached hydrogens (tertiary/aromatic N) is 1. The Balaban J connectivity index is 1.53. The zero-order chi connectivity index (χ0) is 19.2. The van der Waals surface area contributed by atoms with Crippen molar-refractivity contribution in [1.82, 2.24) is 4.90 Å². The number of benzene rings is 2. The number of carbonyl (C=O) groups excluding carboxylic acids is 2. The van der Waals surface area contributed by atoms with E-state index in [1.54, 1.807) is 4.90 Å². The van der Waals surface area contributed by atoms with Crippen molar-refractivity contribution in [2.75, 3.05) is 11.9 Å². The van der Waals surface area contributed by atoms with Crippen LogP contribution in [0.3, 0.4) is 0 Å². The molecule has 0 aromatic heterocycles. The van der Waals surface area contributed by atoms with Gasteiger partial charge in [-0.15, -0.1) is 0 Å². The third kappa shape index (κ3) is 5.28. The van der Waals surface area contributed by atoms with Gasteiger partial charge >= 0.3 is 0 Å². The van der Waals surface area contributed by atoms with Gasteiger partial charge in [-0.2, -0.15) is 0 Å². The molecule has 2 aromatic rings. The van der Waals surface area contributed by atoms with E-state index in [1.165, 1.54) is 17.3 Å². The van der Waals surface area contributed by atoms with Crippen LogP contribution < -0.4 is 5.32 Å². The molecule has 0 saturated carbocycles. The van der Waals surface area contributed by atoms with E-state index in [9.17, 15) is 9.59 Å². The zero-order valence-electron chi connectivity index (χ0n) is 15.0. The minimum Gasteiger partial charge on any atom is -0.326 e. The Hall–Kier alpha value is -2.44. The normalized spacial score (nSPS) is 15.4. The van der Waals surface area contributed by atoms with Crippen LogP contribution in [0, 0.1) is 6.92 Å². The van der Waals surface area contributed by atoms with Crippen molar-refractivity contribution < 1.29 is 9.59 Å². The van der Waals surface area contributed by atoms with Gasteiger partial charge < -0.3 is 5.32 Å². The summed E-state index contributed by atoms with van der Waals surface area (Å²) in [5.41, 5.74) is 2.92. The molecule has 0 radical (unpaired) electrons. The molecular weight excluding hydrogens is 376 g/mol. The summed E-state index contributed by atoms with van der Waals surface area (Å²) in [6.45, 7) is 2.47. The summed E-state index contributed by atoms with van der Waals surface area (Å²) < 4.78 is 0.543. The van der Waals surface area contributed by atoms with Gasteiger partial charge in [-0.1, -0.05) is 72.0 Å². The lowest BCUT2D eigenvalue weighted by Crippen LogP contribution is -2.29. The SMILES string of the molecule is Cc1ccc(/C=C2\SC(=S)N(CCCC(=O)Nc3ccccc3)C2=O)cc1. The molecule has 1 saturated heterocycles. The van der Waals surface area contributed by atoms with Crippen LogP contribution in [-0.2, 0) is 9.59 Å². The number of para-hydroxylation sites is 1. The molecule has 0 atom stereocenters. The van der Waals surface area contributed by atoms with Crippen LogP contribution in [0.5, 0.6) is 0 Å². The molecule has 1 aliphatic heterocycles. The quantitative estimate of drug-likeness (QED) is 0.572. The molecule has 27 heavy (non-hydrogen) atoms. The van der Waals surface area contributed by atoms with Crippen LogP contribution in [0.25, 0.3) is 6.08 Å². The van der Waals surface area contributed by atoms with Crippen LogP contribution in [0.1, 0.15) is 24.0 Å². The van der Waals surface area contributed by atoms with E-state index in [1.807, 2.05) is 67.6 Å². The molecule has 2 amide bonds. The summed E-state index contributed by atoms with van der Waals surface area (Å²) in [5.74, 6) is -0.157. The van der Waals surface area contributed by atoms with Crippen molar-refractivity contribution in [3.8, 4) is 0 Å². The summed E-state index contributed by atoms with van der Waals surface area (Å²) in [6.07, 6.45) is 2.76. The molecule has 0 unspecified atom stereocenters. The van der Waals surface area contributed by atoms with Crippen molar-refractivity contribution >= 4 is 51.9 Å². The Morgan fingerprint density at radius 1 is 1.15 bits per heavy atom. The number of hydrogen-bond acceptors (Lipinski definition) is 4. The molecule has 1 heterocycles. The van der Waals surface area contributed by atoms with Gasteiger partial charge in [0, 0.05) is 18.7 Å². The Labute approximate surface area is 168 Å². The average Bonchev–Trinajstić information content (AvgIpc) is 2.92. The Bertz CT molecular complexity index is 877. The highest BCUT2D eigenvalue weighted by molar-refractivity contribution is 8.26. The van der Waals surface area contributed by atoms with Gasteiger partial charge in [0.2, 0.25) is 5.91 Å². The maximum atomic E-state index is 12.6. The van der Waals surface area contributed by atoms with E-state index in [0.717, 1.165) is 11.3 Å². The summed E-state index contributed by atoms with van der Waals surface area (Å²) in [6, 6.07) is 17.3. The molecular formula is C21H20N2O2S2. The van der Waals surface area contributed by atoms with Crippen molar-refractivity contribution in [2.45, 2.75) is 19.8 Å². The number of thioether (sulfide) groups is 1. The highest BCUT2D eigenvalue weighted by Gasteiger charge is 2.31. The average molecular weight is 397 g/mol. The number of carbonyl (C=O) groups is 2. The maximum absolute atomic E-state index is 12.6. The van der Waals surface area contributed by atoms with Gasteiger partial charge in [-0.3, -0.25) is 14.5 Å². The van der Waals surface area contributed by atoms with Gasteiger partial charge in [0.25, 0.3) is 5.91 Å². The van der Waals surface area contributed by atoms with E-state index in [0.29, 0.717) is 28.6 Å². The molecule has 0 spiro atoms. The van der Waals surface area contributed by atoms with Crippen LogP contribution in [0.4, 0.5) is 5.69 Å². The molecule has 3 rings (SSSR count). The zero-order valence-corrected chi connectivity index (χ0v) is 16.6. The van der Waals surface area contributed by atoms with Gasteiger partial charge in [0.1, 0.15) is 4.32 Å². The number of hydrogen-bond donors (Lipinski definition) is 1. The van der Waals surface area contributed by atoms with E-state index < -0.39 is 0 Å². The first kappa shape index (κ1) is 19.3. The second kappa shape index (κ2) is 8.97. The van der Waals surface area contributed by atoms with E-state index in [-0.39, 0.29) is 11.8 Å². The Morgan fingerprint density at radius 2 is 1.85 bits per heavy atom. The van der Waals surface area contributed by atoms with E-state index in [4.69, 9.17) is 12.2 Å². The first-order chi connectivity index (χ1) is 13.0. The van der Waals surface area contributed by atoms with Crippen molar-refractivity contribution in [1.29, 1.82) is 0 Å². The van der Waals surface area contributed by atoms with Gasteiger partial charge in [0.15, 0.2) is 0 Å². The predicted molar refractivity (Wildman–Crippen MR) is 115 cm³/mol. The minimum absolute atomic E-state index is 0.0677. The molecule has 0 aliphatic carbocycles. The highest BCUT2D eigenvalue weighted by atomic mass is 32.2. The van der Waals surface area contributed by atoms with Crippen molar-refractivity contribution in [3.05, 3.63) is 70.6 Å². The third-order valence-electron chi connectivity index (χ3n) is 4.09. The lowest BCUT2D eigenvalue weighted by molar-refractivity contribution is -0.122. The highest BCUT2D eigenvalue weighted by Crippen LogP contribution is 2.32. The van der Waals surface area contributed by atoms with E-state index >= 15 is 0 Å². The molecule has 1 fully saturated rings. The lowest BCUT2D eigenvalue weighted by atomic mass is 10.1. The van der Waals surface area contributed by atoms with Crippen LogP contribution in [0.2, 0.25) is 0 Å². The standard InChI is InChI=1S/C21H20N2O2S2/c1-15-9-11-16(12-10-15)14-18-20(25)23(21(26)27-18)13-5-8-19(24)22-17-6-3-2-4-7-17/h2-4,6-7,9-12,14H,5,8,13H2,1H3,(H,22,24)/b18-14-. The van der Waals surface area contributed by atoms with Crippen LogP contribution >= 0.6 is 24.0 Å². The maximum Gasteiger partial charge on any atom is 0.266 e. The molecule has 1 N–H and O–H groups in total. The fourth-order valence-electron chi connectivity index (χ4n) is 2.65. The molecule has 4 nitrogen and oxygen atoms in total. The fraction of sp³-hybridized carbons (Fsp3) is 0.190. The largest absolute Gasteiger partial charge is 0.326 e. The smallest absolute Gasteiger partial charge is 0.266 e. The van der Waals surface area contributed by atoms with E-state index in [2.05, 4.69) is 5.32 Å². The van der Waals surface area contributed by atoms with Crippen LogP contribution in [0.15, 0.2) is 59.5 Å². The molecule has 0 bridgehead atoms. The molecule has 1 aliphatic rings. The van der Waals surface area contributed by atoms with Crippen molar-refractivity contribution in [2.24, 2.45) is 0 Å². The number of aryl methyl sites for hydroxylation is 1. The first-order valence-electron chi connectivity index (χ1n) is 8.70. The Morgan fingerprint density at radius 3 is 2.56 bits per heavy atom. The molecule has 138 valence electrons. The topological polar surface area (TPSA) is 49.4 Å². The second-order valence-corrected chi connectivity index (χ2v) is 7.94. The number of rotatable bonds is 6. The number of anilines is 1. The van der Waals surface area contributed by atoms with Crippen molar-refractivity contribution in [3.63, 3.8) is 0 Å². The van der Waals surface area contributed by atoms with Gasteiger partial charge in [-0.05, 0) is 37.1 Å². The number of nitrogens with one attached hydrogen (secondary N) is 1. The monoisotopic (exact) mass is 396 g/mol. The van der Waals surface area contributed by atoms with Gasteiger partial charge in [-0.25, -0.2) is 0 Å². The molecule has 6 heteroatoms. The van der Waals surface area contributed by atoms with Crippen LogP contribution in [-0.4, -0.2) is 27.6 Å². The summed E-state index contributed by atoms with van der Waals surface area (Å²) in [4.78, 5) is 26.8. The molecule has 2 aromatic carbocycles.